The van der Waals surface area contributed by atoms with Gasteiger partial charge in [0.1, 0.15) is 23.8 Å². The van der Waals surface area contributed by atoms with Crippen LogP contribution in [0.3, 0.4) is 0 Å². The number of anilines is 1. The highest BCUT2D eigenvalue weighted by atomic mass is 16.6. The summed E-state index contributed by atoms with van der Waals surface area (Å²) in [6.45, 7) is 3.07. The zero-order chi connectivity index (χ0) is 17.4. The Morgan fingerprint density at radius 2 is 2.12 bits per heavy atom. The second-order valence-corrected chi connectivity index (χ2v) is 5.93. The van der Waals surface area contributed by atoms with Crippen molar-refractivity contribution in [1.29, 1.82) is 0 Å². The number of nitrogens with zero attached hydrogens (tertiary/aromatic N) is 4. The average Bonchev–Trinajstić information content (AvgIpc) is 3.09. The highest BCUT2D eigenvalue weighted by molar-refractivity contribution is 5.91. The predicted molar refractivity (Wildman–Crippen MR) is 81.8 cm³/mol. The highest BCUT2D eigenvalue weighted by Gasteiger charge is 2.43. The summed E-state index contributed by atoms with van der Waals surface area (Å²) >= 11 is 0. The van der Waals surface area contributed by atoms with Crippen molar-refractivity contribution in [2.24, 2.45) is 5.92 Å². The first kappa shape index (κ1) is 16.7. The summed E-state index contributed by atoms with van der Waals surface area (Å²) in [5, 5.41) is 31.8. The van der Waals surface area contributed by atoms with Crippen molar-refractivity contribution >= 4 is 23.0 Å². The summed E-state index contributed by atoms with van der Waals surface area (Å²) in [5.41, 5.74) is 0.772. The lowest BCUT2D eigenvalue weighted by atomic mass is 10.1. The molecule has 24 heavy (non-hydrogen) atoms. The predicted octanol–water partition coefficient (Wildman–Crippen LogP) is -0.968. The zero-order valence-electron chi connectivity index (χ0n) is 13.2. The number of aliphatic hydroxyl groups excluding tert-OH is 3. The molecule has 1 aliphatic rings. The number of rotatable bonds is 4. The summed E-state index contributed by atoms with van der Waals surface area (Å²) in [6, 6.07) is 0. The van der Waals surface area contributed by atoms with Crippen molar-refractivity contribution in [3.8, 4) is 0 Å². The van der Waals surface area contributed by atoms with Crippen molar-refractivity contribution in [2.75, 3.05) is 11.9 Å². The quantitative estimate of drug-likeness (QED) is 0.558. The third kappa shape index (κ3) is 2.84. The number of ether oxygens (including phenoxy) is 1. The van der Waals surface area contributed by atoms with Crippen LogP contribution in [0, 0.1) is 5.92 Å². The van der Waals surface area contributed by atoms with Gasteiger partial charge in [-0.2, -0.15) is 4.98 Å². The molecular weight excluding hydrogens is 318 g/mol. The van der Waals surface area contributed by atoms with E-state index in [1.54, 1.807) is 13.8 Å². The maximum absolute atomic E-state index is 11.8. The number of carbonyl (C=O) groups excluding carboxylic acids is 1. The molecule has 10 heteroatoms. The molecule has 0 saturated carbocycles. The molecule has 4 atom stereocenters. The molecule has 2 aromatic heterocycles. The minimum Gasteiger partial charge on any atom is -0.394 e. The maximum atomic E-state index is 11.8. The number of hydrogen-bond acceptors (Lipinski definition) is 8. The lowest BCUT2D eigenvalue weighted by Gasteiger charge is -2.16. The fraction of sp³-hybridized carbons (Fsp3) is 0.571. The van der Waals surface area contributed by atoms with Crippen LogP contribution < -0.4 is 5.32 Å². The van der Waals surface area contributed by atoms with Gasteiger partial charge in [-0.3, -0.25) is 14.7 Å². The van der Waals surface area contributed by atoms with E-state index in [4.69, 9.17) is 4.74 Å². The third-order valence-corrected chi connectivity index (χ3v) is 3.87. The molecule has 2 aromatic rings. The highest BCUT2D eigenvalue weighted by Crippen LogP contribution is 2.31. The van der Waals surface area contributed by atoms with Crippen molar-refractivity contribution in [3.63, 3.8) is 0 Å². The number of aliphatic hydroxyl groups is 3. The van der Waals surface area contributed by atoms with Gasteiger partial charge in [-0.05, 0) is 0 Å². The number of hydrogen-bond donors (Lipinski definition) is 4. The minimum absolute atomic E-state index is 0.106. The number of imidazole rings is 1. The Morgan fingerprint density at radius 1 is 1.38 bits per heavy atom. The van der Waals surface area contributed by atoms with E-state index in [1.807, 2.05) is 0 Å². The Hall–Kier alpha value is -2.14. The van der Waals surface area contributed by atoms with Crippen LogP contribution in [0.2, 0.25) is 0 Å². The second kappa shape index (κ2) is 6.40. The van der Waals surface area contributed by atoms with Crippen LogP contribution in [0.5, 0.6) is 0 Å². The van der Waals surface area contributed by atoms with Crippen molar-refractivity contribution in [2.45, 2.75) is 38.4 Å². The summed E-state index contributed by atoms with van der Waals surface area (Å²) in [7, 11) is 0. The summed E-state index contributed by atoms with van der Waals surface area (Å²) < 4.78 is 6.91. The van der Waals surface area contributed by atoms with Crippen LogP contribution in [0.4, 0.5) is 5.95 Å². The van der Waals surface area contributed by atoms with Crippen molar-refractivity contribution in [3.05, 3.63) is 12.5 Å². The lowest BCUT2D eigenvalue weighted by Crippen LogP contribution is -2.33. The van der Waals surface area contributed by atoms with Gasteiger partial charge in [-0.15, -0.1) is 0 Å². The molecule has 2 unspecified atom stereocenters. The van der Waals surface area contributed by atoms with E-state index in [0.717, 1.165) is 0 Å². The van der Waals surface area contributed by atoms with E-state index >= 15 is 0 Å². The number of fused-ring (bicyclic) bond motifs is 1. The molecule has 1 saturated heterocycles. The van der Waals surface area contributed by atoms with Crippen LogP contribution in [-0.2, 0) is 9.53 Å². The van der Waals surface area contributed by atoms with Gasteiger partial charge in [0, 0.05) is 5.92 Å². The molecule has 0 radical (unpaired) electrons. The largest absolute Gasteiger partial charge is 0.394 e. The molecular formula is C14H19N5O5. The van der Waals surface area contributed by atoms with Crippen LogP contribution in [0.25, 0.3) is 11.2 Å². The average molecular weight is 337 g/mol. The van der Waals surface area contributed by atoms with E-state index in [-0.39, 0.29) is 17.8 Å². The second-order valence-electron chi connectivity index (χ2n) is 5.93. The number of amides is 1. The Morgan fingerprint density at radius 3 is 2.75 bits per heavy atom. The Labute approximate surface area is 137 Å². The van der Waals surface area contributed by atoms with Gasteiger partial charge in [-0.1, -0.05) is 13.8 Å². The van der Waals surface area contributed by atoms with Gasteiger partial charge in [0.25, 0.3) is 0 Å². The molecule has 0 aromatic carbocycles. The first-order valence-corrected chi connectivity index (χ1v) is 7.55. The molecule has 1 fully saturated rings. The first-order chi connectivity index (χ1) is 11.4. The SMILES string of the molecule is CC(C)C(=O)Nc1ncc2ncn([C@@H]3O[C@H](CO)C(O)C3O)c2n1. The molecule has 10 nitrogen and oxygen atoms in total. The summed E-state index contributed by atoms with van der Waals surface area (Å²) in [4.78, 5) is 24.1. The topological polar surface area (TPSA) is 143 Å². The van der Waals surface area contributed by atoms with Crippen molar-refractivity contribution in [1.82, 2.24) is 19.5 Å². The van der Waals surface area contributed by atoms with E-state index in [0.29, 0.717) is 11.2 Å². The molecule has 0 bridgehead atoms. The van der Waals surface area contributed by atoms with E-state index < -0.39 is 31.1 Å². The Balaban J connectivity index is 1.93. The smallest absolute Gasteiger partial charge is 0.231 e. The number of aromatic nitrogens is 4. The van der Waals surface area contributed by atoms with E-state index in [2.05, 4.69) is 20.3 Å². The molecule has 1 aliphatic heterocycles. The minimum atomic E-state index is -1.25. The van der Waals surface area contributed by atoms with Crippen LogP contribution in [0.15, 0.2) is 12.5 Å². The Kier molecular flexibility index (Phi) is 4.45. The van der Waals surface area contributed by atoms with Gasteiger partial charge >= 0.3 is 0 Å². The summed E-state index contributed by atoms with van der Waals surface area (Å²) in [6.07, 6.45) is -1.48. The standard InChI is InChI=1S/C14H19N5O5/c1-6(2)12(23)18-14-15-3-7-11(17-14)19(5-16-7)13-10(22)9(21)8(4-20)24-13/h3,5-6,8-10,13,20-22H,4H2,1-2H3,(H,15,17,18,23)/t8-,9?,10?,13-/m1/s1. The molecule has 1 amide bonds. The molecule has 130 valence electrons. The van der Waals surface area contributed by atoms with Gasteiger partial charge in [0.15, 0.2) is 11.9 Å². The van der Waals surface area contributed by atoms with Crippen LogP contribution in [0.1, 0.15) is 20.1 Å². The first-order valence-electron chi connectivity index (χ1n) is 7.55. The van der Waals surface area contributed by atoms with Gasteiger partial charge in [0.2, 0.25) is 11.9 Å². The monoisotopic (exact) mass is 337 g/mol. The molecule has 3 rings (SSSR count). The summed E-state index contributed by atoms with van der Waals surface area (Å²) in [5.74, 6) is -0.349. The van der Waals surface area contributed by atoms with Crippen LogP contribution in [-0.4, -0.2) is 65.7 Å². The van der Waals surface area contributed by atoms with Crippen LogP contribution >= 0.6 is 0 Å². The number of carbonyl (C=O) groups is 1. The maximum Gasteiger partial charge on any atom is 0.231 e. The normalized spacial score (nSPS) is 27.1. The van der Waals surface area contributed by atoms with Gasteiger partial charge < -0.3 is 20.1 Å². The molecule has 3 heterocycles. The zero-order valence-corrected chi connectivity index (χ0v) is 13.2. The lowest BCUT2D eigenvalue weighted by molar-refractivity contribution is -0.118. The number of nitrogens with one attached hydrogen (secondary N) is 1. The van der Waals surface area contributed by atoms with Gasteiger partial charge in [-0.25, -0.2) is 9.97 Å². The van der Waals surface area contributed by atoms with E-state index in [9.17, 15) is 20.1 Å². The Bertz CT molecular complexity index is 748. The van der Waals surface area contributed by atoms with Crippen molar-refractivity contribution < 1.29 is 24.9 Å². The molecule has 4 N–H and O–H groups in total. The third-order valence-electron chi connectivity index (χ3n) is 3.87. The molecule has 0 spiro atoms. The fourth-order valence-electron chi connectivity index (χ4n) is 2.44. The van der Waals surface area contributed by atoms with Gasteiger partial charge in [0.05, 0.1) is 19.1 Å². The van der Waals surface area contributed by atoms with E-state index in [1.165, 1.54) is 17.1 Å². The fourth-order valence-corrected chi connectivity index (χ4v) is 2.44. The molecule has 0 aliphatic carbocycles.